The van der Waals surface area contributed by atoms with E-state index in [4.69, 9.17) is 0 Å². The first-order chi connectivity index (χ1) is 6.86. The second-order valence-corrected chi connectivity index (χ2v) is 3.39. The Morgan fingerprint density at radius 2 is 2.25 bits per heavy atom. The minimum atomic E-state index is 0. The second-order valence-electron chi connectivity index (χ2n) is 3.39. The molecule has 2 heterocycles. The van der Waals surface area contributed by atoms with E-state index < -0.39 is 0 Å². The molecule has 1 aromatic heterocycles. The summed E-state index contributed by atoms with van der Waals surface area (Å²) in [7, 11) is 0. The molecule has 0 aliphatic carbocycles. The van der Waals surface area contributed by atoms with Crippen LogP contribution in [0.1, 0.15) is 6.42 Å². The van der Waals surface area contributed by atoms with Gasteiger partial charge in [0.1, 0.15) is 5.82 Å². The lowest BCUT2D eigenvalue weighted by atomic mass is 10.1. The van der Waals surface area contributed by atoms with Crippen LogP contribution in [-0.4, -0.2) is 24.0 Å². The van der Waals surface area contributed by atoms with Crippen LogP contribution < -0.4 is 10.6 Å². The molecule has 1 saturated heterocycles. The monoisotopic (exact) mass is 263 g/mol. The maximum Gasteiger partial charge on any atom is 0.229 e. The Hall–Kier alpha value is -0.840. The van der Waals surface area contributed by atoms with Crippen LogP contribution in [0.25, 0.3) is 0 Å². The van der Waals surface area contributed by atoms with Gasteiger partial charge in [0.05, 0.1) is 5.92 Å². The molecule has 1 amide bonds. The Bertz CT molecular complexity index is 315. The van der Waals surface area contributed by atoms with Crippen LogP contribution in [0.3, 0.4) is 0 Å². The van der Waals surface area contributed by atoms with E-state index in [9.17, 15) is 4.79 Å². The molecule has 0 saturated carbocycles. The van der Waals surface area contributed by atoms with E-state index in [2.05, 4.69) is 15.6 Å². The molecule has 1 unspecified atom stereocenters. The molecule has 0 bridgehead atoms. The van der Waals surface area contributed by atoms with Gasteiger partial charge in [-0.2, -0.15) is 0 Å². The average Bonchev–Trinajstić information content (AvgIpc) is 2.72. The van der Waals surface area contributed by atoms with Gasteiger partial charge in [-0.15, -0.1) is 24.8 Å². The Kier molecular flexibility index (Phi) is 7.05. The molecule has 2 N–H and O–H groups in total. The molecule has 1 fully saturated rings. The maximum atomic E-state index is 11.6. The summed E-state index contributed by atoms with van der Waals surface area (Å²) in [6.07, 6.45) is 2.58. The number of hydrogen-bond acceptors (Lipinski definition) is 3. The molecule has 6 heteroatoms. The first-order valence-electron chi connectivity index (χ1n) is 4.79. The van der Waals surface area contributed by atoms with Crippen LogP contribution in [0, 0.1) is 5.92 Å². The van der Waals surface area contributed by atoms with Gasteiger partial charge in [0.25, 0.3) is 0 Å². The molecule has 4 nitrogen and oxygen atoms in total. The predicted octanol–water partition coefficient (Wildman–Crippen LogP) is 1.47. The smallest absolute Gasteiger partial charge is 0.229 e. The van der Waals surface area contributed by atoms with Gasteiger partial charge in [-0.3, -0.25) is 4.79 Å². The number of anilines is 1. The van der Waals surface area contributed by atoms with Crippen molar-refractivity contribution in [2.24, 2.45) is 5.92 Å². The highest BCUT2D eigenvalue weighted by Gasteiger charge is 2.22. The van der Waals surface area contributed by atoms with E-state index in [0.717, 1.165) is 19.5 Å². The number of rotatable bonds is 2. The zero-order chi connectivity index (χ0) is 9.80. The molecule has 0 radical (unpaired) electrons. The van der Waals surface area contributed by atoms with Crippen molar-refractivity contribution in [3.63, 3.8) is 0 Å². The summed E-state index contributed by atoms with van der Waals surface area (Å²) in [6.45, 7) is 1.71. The standard InChI is InChI=1S/C10H13N3O.2ClH/c14-10(8-4-6-11-7-8)13-9-3-1-2-5-12-9;;/h1-3,5,8,11H,4,6-7H2,(H,12,13,14);2*1H. The van der Waals surface area contributed by atoms with E-state index in [1.165, 1.54) is 0 Å². The van der Waals surface area contributed by atoms with Crippen molar-refractivity contribution >= 4 is 36.5 Å². The number of amides is 1. The summed E-state index contributed by atoms with van der Waals surface area (Å²) in [6, 6.07) is 5.47. The van der Waals surface area contributed by atoms with Gasteiger partial charge < -0.3 is 10.6 Å². The number of pyridine rings is 1. The van der Waals surface area contributed by atoms with Crippen LogP contribution in [-0.2, 0) is 4.79 Å². The number of carbonyl (C=O) groups is 1. The highest BCUT2D eigenvalue weighted by molar-refractivity contribution is 5.91. The van der Waals surface area contributed by atoms with Gasteiger partial charge in [0.2, 0.25) is 5.91 Å². The number of carbonyl (C=O) groups excluding carboxylic acids is 1. The molecule has 1 aromatic rings. The fourth-order valence-corrected chi connectivity index (χ4v) is 1.54. The van der Waals surface area contributed by atoms with Gasteiger partial charge in [-0.05, 0) is 25.1 Å². The van der Waals surface area contributed by atoms with E-state index in [-0.39, 0.29) is 36.6 Å². The summed E-state index contributed by atoms with van der Waals surface area (Å²) in [5.41, 5.74) is 0. The highest BCUT2D eigenvalue weighted by atomic mass is 35.5. The second kappa shape index (κ2) is 7.44. The lowest BCUT2D eigenvalue weighted by Crippen LogP contribution is -2.24. The molecule has 90 valence electrons. The van der Waals surface area contributed by atoms with E-state index in [1.807, 2.05) is 12.1 Å². The number of aromatic nitrogens is 1. The molecule has 2 rings (SSSR count). The first kappa shape index (κ1) is 15.2. The van der Waals surface area contributed by atoms with E-state index >= 15 is 0 Å². The summed E-state index contributed by atoms with van der Waals surface area (Å²) in [5.74, 6) is 0.787. The van der Waals surface area contributed by atoms with Gasteiger partial charge in [0.15, 0.2) is 0 Å². The summed E-state index contributed by atoms with van der Waals surface area (Å²) in [5, 5.41) is 5.95. The van der Waals surface area contributed by atoms with Gasteiger partial charge in [-0.1, -0.05) is 6.07 Å². The third-order valence-electron chi connectivity index (χ3n) is 2.35. The summed E-state index contributed by atoms with van der Waals surface area (Å²) >= 11 is 0. The van der Waals surface area contributed by atoms with Crippen LogP contribution in [0.15, 0.2) is 24.4 Å². The van der Waals surface area contributed by atoms with Crippen molar-refractivity contribution in [3.05, 3.63) is 24.4 Å². The maximum absolute atomic E-state index is 11.6. The summed E-state index contributed by atoms with van der Waals surface area (Å²) < 4.78 is 0. The molecule has 0 aromatic carbocycles. The van der Waals surface area contributed by atoms with Gasteiger partial charge >= 0.3 is 0 Å². The SMILES string of the molecule is Cl.Cl.O=C(Nc1ccccn1)C1CCNC1. The van der Waals surface area contributed by atoms with E-state index in [0.29, 0.717) is 5.82 Å². The van der Waals surface area contributed by atoms with Crippen molar-refractivity contribution in [1.29, 1.82) is 0 Å². The number of nitrogens with zero attached hydrogens (tertiary/aromatic N) is 1. The van der Waals surface area contributed by atoms with Crippen LogP contribution in [0.2, 0.25) is 0 Å². The van der Waals surface area contributed by atoms with Crippen LogP contribution >= 0.6 is 24.8 Å². The first-order valence-corrected chi connectivity index (χ1v) is 4.79. The molecular weight excluding hydrogens is 249 g/mol. The predicted molar refractivity (Wildman–Crippen MR) is 68.3 cm³/mol. The lowest BCUT2D eigenvalue weighted by Gasteiger charge is -2.08. The average molecular weight is 264 g/mol. The Balaban J connectivity index is 0.00000112. The zero-order valence-electron chi connectivity index (χ0n) is 8.68. The molecule has 1 aliphatic heterocycles. The molecule has 0 spiro atoms. The topological polar surface area (TPSA) is 54.0 Å². The Morgan fingerprint density at radius 1 is 1.44 bits per heavy atom. The largest absolute Gasteiger partial charge is 0.316 e. The highest BCUT2D eigenvalue weighted by Crippen LogP contribution is 2.10. The van der Waals surface area contributed by atoms with Gasteiger partial charge in [-0.25, -0.2) is 4.98 Å². The van der Waals surface area contributed by atoms with Crippen molar-refractivity contribution < 1.29 is 4.79 Å². The number of nitrogens with one attached hydrogen (secondary N) is 2. The number of hydrogen-bond donors (Lipinski definition) is 2. The third kappa shape index (κ3) is 3.96. The summed E-state index contributed by atoms with van der Waals surface area (Å²) in [4.78, 5) is 15.7. The van der Waals surface area contributed by atoms with Gasteiger partial charge in [0, 0.05) is 12.7 Å². The fraction of sp³-hybridized carbons (Fsp3) is 0.400. The van der Waals surface area contributed by atoms with Crippen molar-refractivity contribution in [2.75, 3.05) is 18.4 Å². The molecule has 16 heavy (non-hydrogen) atoms. The quantitative estimate of drug-likeness (QED) is 0.850. The van der Waals surface area contributed by atoms with Crippen LogP contribution in [0.5, 0.6) is 0 Å². The van der Waals surface area contributed by atoms with Crippen LogP contribution in [0.4, 0.5) is 5.82 Å². The Morgan fingerprint density at radius 3 is 2.81 bits per heavy atom. The minimum absolute atomic E-state index is 0. The fourth-order valence-electron chi connectivity index (χ4n) is 1.54. The molecule has 1 aliphatic rings. The third-order valence-corrected chi connectivity index (χ3v) is 2.35. The van der Waals surface area contributed by atoms with Crippen molar-refractivity contribution in [2.45, 2.75) is 6.42 Å². The molecular formula is C10H15Cl2N3O. The Labute approximate surface area is 107 Å². The zero-order valence-corrected chi connectivity index (χ0v) is 10.3. The normalized spacial score (nSPS) is 18.1. The van der Waals surface area contributed by atoms with Crippen molar-refractivity contribution in [3.8, 4) is 0 Å². The van der Waals surface area contributed by atoms with E-state index in [1.54, 1.807) is 12.3 Å². The van der Waals surface area contributed by atoms with Crippen molar-refractivity contribution in [1.82, 2.24) is 10.3 Å². The minimum Gasteiger partial charge on any atom is -0.316 e. The lowest BCUT2D eigenvalue weighted by molar-refractivity contribution is -0.119. The molecule has 1 atom stereocenters. The number of halogens is 2.